The van der Waals surface area contributed by atoms with Gasteiger partial charge in [0.05, 0.1) is 0 Å². The van der Waals surface area contributed by atoms with Crippen LogP contribution in [-0.4, -0.2) is 28.6 Å². The van der Waals surface area contributed by atoms with E-state index in [9.17, 15) is 9.00 Å². The van der Waals surface area contributed by atoms with Gasteiger partial charge in [-0.2, -0.15) is 0 Å². The predicted octanol–water partition coefficient (Wildman–Crippen LogP) is 2.28. The van der Waals surface area contributed by atoms with E-state index in [0.29, 0.717) is 24.0 Å². The first kappa shape index (κ1) is 16.7. The van der Waals surface area contributed by atoms with Gasteiger partial charge in [-0.15, -0.1) is 0 Å². The minimum absolute atomic E-state index is 0.129. The summed E-state index contributed by atoms with van der Waals surface area (Å²) in [6.07, 6.45) is 0. The molecule has 0 aliphatic heterocycles. The third kappa shape index (κ3) is 6.70. The van der Waals surface area contributed by atoms with Crippen molar-refractivity contribution in [3.63, 3.8) is 0 Å². The number of amides is 2. The summed E-state index contributed by atoms with van der Waals surface area (Å²) in [5.74, 6) is 1.40. The summed E-state index contributed by atoms with van der Waals surface area (Å²) in [7, 11) is -0.951. The molecular formula is C15H24N2O2S. The number of hydrogen-bond acceptors (Lipinski definition) is 2. The van der Waals surface area contributed by atoms with Gasteiger partial charge in [-0.05, 0) is 18.4 Å². The van der Waals surface area contributed by atoms with Gasteiger partial charge in [0.2, 0.25) is 0 Å². The second kappa shape index (κ2) is 8.74. The summed E-state index contributed by atoms with van der Waals surface area (Å²) in [5, 5.41) is 5.60. The molecule has 2 amide bonds. The summed E-state index contributed by atoms with van der Waals surface area (Å²) >= 11 is 0. The molecule has 1 aromatic rings. The molecule has 0 saturated heterocycles. The molecule has 0 heterocycles. The van der Waals surface area contributed by atoms with E-state index in [1.165, 1.54) is 0 Å². The molecule has 0 aliphatic rings. The van der Waals surface area contributed by atoms with Crippen LogP contribution in [0.5, 0.6) is 0 Å². The first-order valence-electron chi connectivity index (χ1n) is 6.92. The van der Waals surface area contributed by atoms with Crippen molar-refractivity contribution in [2.24, 2.45) is 5.92 Å². The molecule has 112 valence electrons. The zero-order valence-electron chi connectivity index (χ0n) is 12.4. The number of benzene rings is 1. The van der Waals surface area contributed by atoms with E-state index in [2.05, 4.69) is 24.5 Å². The number of carbonyl (C=O) groups is 1. The molecule has 0 bridgehead atoms. The Morgan fingerprint density at radius 2 is 1.85 bits per heavy atom. The van der Waals surface area contributed by atoms with Crippen molar-refractivity contribution in [2.45, 2.75) is 32.6 Å². The zero-order valence-corrected chi connectivity index (χ0v) is 13.2. The molecule has 2 atom stereocenters. The molecule has 2 N–H and O–H groups in total. The lowest BCUT2D eigenvalue weighted by atomic mass is 10.1. The Bertz CT molecular complexity index is 435. The van der Waals surface area contributed by atoms with Crippen LogP contribution in [0.3, 0.4) is 0 Å². The largest absolute Gasteiger partial charge is 0.337 e. The summed E-state index contributed by atoms with van der Waals surface area (Å²) < 4.78 is 11.9. The minimum Gasteiger partial charge on any atom is -0.337 e. The van der Waals surface area contributed by atoms with Gasteiger partial charge >= 0.3 is 6.03 Å². The van der Waals surface area contributed by atoms with Crippen molar-refractivity contribution in [1.82, 2.24) is 10.6 Å². The number of carbonyl (C=O) groups excluding carboxylic acids is 1. The average Bonchev–Trinajstić information content (AvgIpc) is 2.39. The number of urea groups is 1. The maximum Gasteiger partial charge on any atom is 0.315 e. The third-order valence-electron chi connectivity index (χ3n) is 3.14. The third-order valence-corrected chi connectivity index (χ3v) is 4.46. The second-order valence-electron chi connectivity index (χ2n) is 5.21. The lowest BCUT2D eigenvalue weighted by Crippen LogP contribution is -2.44. The van der Waals surface area contributed by atoms with Crippen molar-refractivity contribution in [1.29, 1.82) is 0 Å². The Morgan fingerprint density at radius 1 is 1.20 bits per heavy atom. The Kier molecular flexibility index (Phi) is 7.30. The molecule has 2 unspecified atom stereocenters. The summed E-state index contributed by atoms with van der Waals surface area (Å²) in [6, 6.07) is 9.67. The van der Waals surface area contributed by atoms with Gasteiger partial charge in [0.15, 0.2) is 0 Å². The van der Waals surface area contributed by atoms with E-state index >= 15 is 0 Å². The van der Waals surface area contributed by atoms with Crippen LogP contribution in [0.25, 0.3) is 0 Å². The van der Waals surface area contributed by atoms with Crippen molar-refractivity contribution in [2.75, 3.05) is 12.3 Å². The maximum atomic E-state index is 11.9. The van der Waals surface area contributed by atoms with Gasteiger partial charge in [0, 0.05) is 34.9 Å². The molecule has 5 heteroatoms. The van der Waals surface area contributed by atoms with Crippen molar-refractivity contribution >= 4 is 16.8 Å². The fraction of sp³-hybridized carbons (Fsp3) is 0.533. The maximum absolute atomic E-state index is 11.9. The standard InChI is InChI=1S/C15H24N2O2S/c1-12(2)13(3)17-15(18)16-9-10-20(19)11-14-7-5-4-6-8-14/h4-8,12-13H,9-11H2,1-3H3,(H2,16,17,18). The fourth-order valence-corrected chi connectivity index (χ4v) is 2.57. The highest BCUT2D eigenvalue weighted by Crippen LogP contribution is 2.02. The van der Waals surface area contributed by atoms with Crippen LogP contribution in [0.4, 0.5) is 4.79 Å². The number of rotatable bonds is 7. The highest BCUT2D eigenvalue weighted by atomic mass is 32.2. The molecule has 0 aliphatic carbocycles. The lowest BCUT2D eigenvalue weighted by molar-refractivity contribution is 0.235. The molecule has 0 radical (unpaired) electrons. The van der Waals surface area contributed by atoms with Crippen LogP contribution in [-0.2, 0) is 16.6 Å². The quantitative estimate of drug-likeness (QED) is 0.811. The Labute approximate surface area is 123 Å². The first-order valence-corrected chi connectivity index (χ1v) is 8.41. The first-order chi connectivity index (χ1) is 9.49. The molecule has 4 nitrogen and oxygen atoms in total. The number of hydrogen-bond donors (Lipinski definition) is 2. The van der Waals surface area contributed by atoms with Gasteiger partial charge in [0.1, 0.15) is 0 Å². The lowest BCUT2D eigenvalue weighted by Gasteiger charge is -2.17. The van der Waals surface area contributed by atoms with E-state index in [-0.39, 0.29) is 12.1 Å². The summed E-state index contributed by atoms with van der Waals surface area (Å²) in [6.45, 7) is 6.51. The van der Waals surface area contributed by atoms with Crippen molar-refractivity contribution in [3.8, 4) is 0 Å². The summed E-state index contributed by atoms with van der Waals surface area (Å²) in [4.78, 5) is 11.6. The van der Waals surface area contributed by atoms with Crippen LogP contribution >= 0.6 is 0 Å². The SMILES string of the molecule is CC(C)C(C)NC(=O)NCCS(=O)Cc1ccccc1. The van der Waals surface area contributed by atoms with E-state index in [1.54, 1.807) is 0 Å². The Hall–Kier alpha value is -1.36. The molecule has 0 saturated carbocycles. The Morgan fingerprint density at radius 3 is 2.45 bits per heavy atom. The van der Waals surface area contributed by atoms with Crippen LogP contribution in [0, 0.1) is 5.92 Å². The molecule has 0 fully saturated rings. The Balaban J connectivity index is 2.20. The van der Waals surface area contributed by atoms with Crippen molar-refractivity contribution in [3.05, 3.63) is 35.9 Å². The highest BCUT2D eigenvalue weighted by Gasteiger charge is 2.10. The van der Waals surface area contributed by atoms with E-state index in [4.69, 9.17) is 0 Å². The molecule has 0 aromatic heterocycles. The van der Waals surface area contributed by atoms with Gasteiger partial charge < -0.3 is 10.6 Å². The van der Waals surface area contributed by atoms with Crippen molar-refractivity contribution < 1.29 is 9.00 Å². The van der Waals surface area contributed by atoms with E-state index in [1.807, 2.05) is 37.3 Å². The molecule has 1 rings (SSSR count). The van der Waals surface area contributed by atoms with Gasteiger partial charge in [-0.3, -0.25) is 4.21 Å². The van der Waals surface area contributed by atoms with Crippen LogP contribution in [0.1, 0.15) is 26.3 Å². The summed E-state index contributed by atoms with van der Waals surface area (Å²) in [5.41, 5.74) is 1.06. The van der Waals surface area contributed by atoms with Gasteiger partial charge in [-0.1, -0.05) is 44.2 Å². The monoisotopic (exact) mass is 296 g/mol. The fourth-order valence-electron chi connectivity index (χ4n) is 1.54. The van der Waals surface area contributed by atoms with E-state index < -0.39 is 10.8 Å². The molecule has 1 aromatic carbocycles. The average molecular weight is 296 g/mol. The topological polar surface area (TPSA) is 58.2 Å². The van der Waals surface area contributed by atoms with Gasteiger partial charge in [-0.25, -0.2) is 4.79 Å². The zero-order chi connectivity index (χ0) is 15.0. The van der Waals surface area contributed by atoms with Crippen LogP contribution < -0.4 is 10.6 Å². The predicted molar refractivity (Wildman–Crippen MR) is 84.0 cm³/mol. The van der Waals surface area contributed by atoms with Crippen LogP contribution in [0.2, 0.25) is 0 Å². The minimum atomic E-state index is -0.951. The van der Waals surface area contributed by atoms with E-state index in [0.717, 1.165) is 5.56 Å². The second-order valence-corrected chi connectivity index (χ2v) is 6.78. The van der Waals surface area contributed by atoms with Crippen LogP contribution in [0.15, 0.2) is 30.3 Å². The van der Waals surface area contributed by atoms with Gasteiger partial charge in [0.25, 0.3) is 0 Å². The number of nitrogens with one attached hydrogen (secondary N) is 2. The molecular weight excluding hydrogens is 272 g/mol. The molecule has 20 heavy (non-hydrogen) atoms. The molecule has 0 spiro atoms. The smallest absolute Gasteiger partial charge is 0.315 e. The normalized spacial score (nSPS) is 13.8. The highest BCUT2D eigenvalue weighted by molar-refractivity contribution is 7.84.